The van der Waals surface area contributed by atoms with Crippen LogP contribution < -0.4 is 0 Å². The van der Waals surface area contributed by atoms with Crippen molar-refractivity contribution in [1.29, 1.82) is 0 Å². The monoisotopic (exact) mass is 312 g/mol. The zero-order valence-corrected chi connectivity index (χ0v) is 13.7. The third-order valence-corrected chi connectivity index (χ3v) is 5.15. The third-order valence-electron chi connectivity index (χ3n) is 5.15. The molecule has 0 spiro atoms. The molecule has 122 valence electrons. The topological polar surface area (TPSA) is 45.4 Å². The molecule has 1 atom stereocenters. The highest BCUT2D eigenvalue weighted by Gasteiger charge is 2.24. The van der Waals surface area contributed by atoms with E-state index in [0.29, 0.717) is 5.92 Å². The normalized spacial score (nSPS) is 22.4. The molecule has 5 heteroatoms. The molecule has 1 aromatic heterocycles. The fourth-order valence-corrected chi connectivity index (χ4v) is 3.71. The van der Waals surface area contributed by atoms with Crippen LogP contribution in [-0.2, 0) is 19.4 Å². The second kappa shape index (κ2) is 6.42. The maximum Gasteiger partial charge on any atom is 0.227 e. The van der Waals surface area contributed by atoms with Crippen molar-refractivity contribution in [2.75, 3.05) is 33.2 Å². The van der Waals surface area contributed by atoms with Crippen molar-refractivity contribution >= 4 is 0 Å². The first-order valence-corrected chi connectivity index (χ1v) is 8.58. The van der Waals surface area contributed by atoms with E-state index in [1.54, 1.807) is 0 Å². The molecule has 0 saturated carbocycles. The Labute approximate surface area is 137 Å². The number of nitrogens with zero attached hydrogens (tertiary/aromatic N) is 4. The number of likely N-dealkylation sites (N-methyl/N-ethyl adjacent to an activating group) is 1. The summed E-state index contributed by atoms with van der Waals surface area (Å²) in [4.78, 5) is 9.39. The van der Waals surface area contributed by atoms with Gasteiger partial charge in [0.2, 0.25) is 5.89 Å². The summed E-state index contributed by atoms with van der Waals surface area (Å²) in [6.45, 7) is 5.19. The number of piperazine rings is 1. The number of aromatic nitrogens is 2. The fraction of sp³-hybridized carbons (Fsp3) is 0.556. The van der Waals surface area contributed by atoms with Crippen LogP contribution in [0, 0.1) is 0 Å². The fourth-order valence-electron chi connectivity index (χ4n) is 3.71. The van der Waals surface area contributed by atoms with E-state index < -0.39 is 0 Å². The lowest BCUT2D eigenvalue weighted by Gasteiger charge is -2.31. The summed E-state index contributed by atoms with van der Waals surface area (Å²) in [5, 5.41) is 4.19. The van der Waals surface area contributed by atoms with Crippen molar-refractivity contribution in [1.82, 2.24) is 19.9 Å². The molecular formula is C18H24N4O. The molecule has 0 radical (unpaired) electrons. The van der Waals surface area contributed by atoms with E-state index in [2.05, 4.69) is 51.3 Å². The Morgan fingerprint density at radius 2 is 2.00 bits per heavy atom. The number of fused-ring (bicyclic) bond motifs is 1. The second-order valence-electron chi connectivity index (χ2n) is 6.82. The lowest BCUT2D eigenvalue weighted by molar-refractivity contribution is 0.144. The van der Waals surface area contributed by atoms with Gasteiger partial charge in [0.1, 0.15) is 0 Å². The van der Waals surface area contributed by atoms with Crippen LogP contribution in [0.1, 0.15) is 35.2 Å². The van der Waals surface area contributed by atoms with Gasteiger partial charge in [-0.05, 0) is 36.9 Å². The molecule has 2 aliphatic rings. The van der Waals surface area contributed by atoms with E-state index in [1.165, 1.54) is 24.0 Å². The number of hydrogen-bond donors (Lipinski definition) is 0. The Morgan fingerprint density at radius 3 is 2.87 bits per heavy atom. The Morgan fingerprint density at radius 1 is 1.17 bits per heavy atom. The highest BCUT2D eigenvalue weighted by atomic mass is 16.5. The molecule has 1 saturated heterocycles. The lowest BCUT2D eigenvalue weighted by Crippen LogP contribution is -2.44. The van der Waals surface area contributed by atoms with Crippen molar-refractivity contribution < 1.29 is 4.52 Å². The minimum atomic E-state index is 0.531. The van der Waals surface area contributed by atoms with Gasteiger partial charge in [-0.15, -0.1) is 0 Å². The van der Waals surface area contributed by atoms with Gasteiger partial charge in [0.05, 0.1) is 6.54 Å². The van der Waals surface area contributed by atoms with E-state index >= 15 is 0 Å². The van der Waals surface area contributed by atoms with Crippen LogP contribution in [-0.4, -0.2) is 53.2 Å². The van der Waals surface area contributed by atoms with Gasteiger partial charge in [-0.2, -0.15) is 4.98 Å². The van der Waals surface area contributed by atoms with Gasteiger partial charge in [0, 0.05) is 32.6 Å². The van der Waals surface area contributed by atoms with Crippen molar-refractivity contribution in [3.05, 3.63) is 47.1 Å². The number of benzene rings is 1. The molecule has 4 rings (SSSR count). The average Bonchev–Trinajstić information content (AvgIpc) is 3.18. The molecule has 1 aromatic carbocycles. The highest BCUT2D eigenvalue weighted by Crippen LogP contribution is 2.34. The predicted molar refractivity (Wildman–Crippen MR) is 88.3 cm³/mol. The minimum Gasteiger partial charge on any atom is -0.339 e. The summed E-state index contributed by atoms with van der Waals surface area (Å²) in [5.41, 5.74) is 2.95. The van der Waals surface area contributed by atoms with E-state index in [0.717, 1.165) is 50.9 Å². The van der Waals surface area contributed by atoms with Gasteiger partial charge in [-0.1, -0.05) is 29.4 Å². The van der Waals surface area contributed by atoms with Crippen molar-refractivity contribution in [3.8, 4) is 0 Å². The molecule has 1 aliphatic carbocycles. The zero-order valence-electron chi connectivity index (χ0n) is 13.7. The number of hydrogen-bond acceptors (Lipinski definition) is 5. The van der Waals surface area contributed by atoms with Gasteiger partial charge < -0.3 is 9.42 Å². The first-order valence-electron chi connectivity index (χ1n) is 8.58. The number of rotatable bonds is 4. The van der Waals surface area contributed by atoms with Crippen molar-refractivity contribution in [2.24, 2.45) is 0 Å². The van der Waals surface area contributed by atoms with E-state index in [9.17, 15) is 0 Å². The Hall–Kier alpha value is -1.72. The molecule has 5 nitrogen and oxygen atoms in total. The van der Waals surface area contributed by atoms with Crippen molar-refractivity contribution in [3.63, 3.8) is 0 Å². The summed E-state index contributed by atoms with van der Waals surface area (Å²) in [7, 11) is 2.17. The van der Waals surface area contributed by atoms with Crippen LogP contribution in [0.4, 0.5) is 0 Å². The van der Waals surface area contributed by atoms with Crippen molar-refractivity contribution in [2.45, 2.75) is 31.7 Å². The van der Waals surface area contributed by atoms with Crippen LogP contribution >= 0.6 is 0 Å². The van der Waals surface area contributed by atoms with Crippen LogP contribution in [0.3, 0.4) is 0 Å². The number of aryl methyl sites for hydroxylation is 1. The van der Waals surface area contributed by atoms with E-state index in [4.69, 9.17) is 4.52 Å². The molecule has 0 N–H and O–H groups in total. The molecule has 1 fully saturated rings. The summed E-state index contributed by atoms with van der Waals surface area (Å²) in [6.07, 6.45) is 3.23. The molecule has 23 heavy (non-hydrogen) atoms. The first kappa shape index (κ1) is 14.8. The molecule has 0 unspecified atom stereocenters. The van der Waals surface area contributed by atoms with Crippen LogP contribution in [0.15, 0.2) is 28.8 Å². The standard InChI is InChI=1S/C18H24N4O/c1-21-8-10-22(11-9-21)13-17-19-18(23-20-17)12-15-7-6-14-4-2-3-5-16(14)15/h2-5,15H,6-13H2,1H3/t15-/m1/s1. The molecule has 0 amide bonds. The average molecular weight is 312 g/mol. The lowest BCUT2D eigenvalue weighted by atomic mass is 9.98. The van der Waals surface area contributed by atoms with Gasteiger partial charge in [0.25, 0.3) is 0 Å². The Bertz CT molecular complexity index is 661. The van der Waals surface area contributed by atoms with Gasteiger partial charge >= 0.3 is 0 Å². The maximum atomic E-state index is 5.51. The summed E-state index contributed by atoms with van der Waals surface area (Å²) in [5.74, 6) is 2.15. The predicted octanol–water partition coefficient (Wildman–Crippen LogP) is 2.09. The van der Waals surface area contributed by atoms with E-state index in [-0.39, 0.29) is 0 Å². The summed E-state index contributed by atoms with van der Waals surface area (Å²) in [6, 6.07) is 8.74. The molecule has 0 bridgehead atoms. The Kier molecular flexibility index (Phi) is 4.14. The molecule has 2 heterocycles. The molecule has 1 aliphatic heterocycles. The molecule has 2 aromatic rings. The maximum absolute atomic E-state index is 5.51. The molecular weight excluding hydrogens is 288 g/mol. The Balaban J connectivity index is 1.37. The quantitative estimate of drug-likeness (QED) is 0.865. The smallest absolute Gasteiger partial charge is 0.227 e. The van der Waals surface area contributed by atoms with Crippen LogP contribution in [0.25, 0.3) is 0 Å². The minimum absolute atomic E-state index is 0.531. The highest BCUT2D eigenvalue weighted by molar-refractivity contribution is 5.35. The largest absolute Gasteiger partial charge is 0.339 e. The third kappa shape index (κ3) is 3.31. The summed E-state index contributed by atoms with van der Waals surface area (Å²) >= 11 is 0. The van der Waals surface area contributed by atoms with Gasteiger partial charge in [0.15, 0.2) is 5.82 Å². The van der Waals surface area contributed by atoms with Gasteiger partial charge in [-0.3, -0.25) is 4.90 Å². The van der Waals surface area contributed by atoms with E-state index in [1.807, 2.05) is 0 Å². The summed E-state index contributed by atoms with van der Waals surface area (Å²) < 4.78 is 5.51. The second-order valence-corrected chi connectivity index (χ2v) is 6.82. The van der Waals surface area contributed by atoms with Crippen LogP contribution in [0.2, 0.25) is 0 Å². The van der Waals surface area contributed by atoms with Crippen LogP contribution in [0.5, 0.6) is 0 Å². The SMILES string of the molecule is CN1CCN(Cc2noc(C[C@H]3CCc4ccccc43)n2)CC1. The van der Waals surface area contributed by atoms with Gasteiger partial charge in [-0.25, -0.2) is 0 Å². The zero-order chi connectivity index (χ0) is 15.6. The first-order chi connectivity index (χ1) is 11.3.